The van der Waals surface area contributed by atoms with Crippen molar-refractivity contribution in [3.8, 4) is 11.5 Å². The van der Waals surface area contributed by atoms with Crippen molar-refractivity contribution >= 4 is 17.9 Å². The molecule has 0 amide bonds. The molecule has 2 aromatic carbocycles. The first kappa shape index (κ1) is 29.4. The van der Waals surface area contributed by atoms with E-state index >= 15 is 0 Å². The number of esters is 2. The van der Waals surface area contributed by atoms with E-state index in [4.69, 9.17) is 24.1 Å². The van der Waals surface area contributed by atoms with Gasteiger partial charge in [0.25, 0.3) is 0 Å². The van der Waals surface area contributed by atoms with E-state index in [0.717, 1.165) is 17.7 Å². The second kappa shape index (κ2) is 10.3. The highest BCUT2D eigenvalue weighted by Gasteiger charge is 2.72. The van der Waals surface area contributed by atoms with Crippen molar-refractivity contribution in [1.82, 2.24) is 4.90 Å². The van der Waals surface area contributed by atoms with Crippen molar-refractivity contribution in [1.29, 1.82) is 0 Å². The fourth-order valence-electron chi connectivity index (χ4n) is 6.65. The van der Waals surface area contributed by atoms with E-state index in [9.17, 15) is 33.0 Å². The number of phenols is 1. The van der Waals surface area contributed by atoms with Crippen LogP contribution >= 0.6 is 0 Å². The van der Waals surface area contributed by atoms with E-state index in [1.165, 1.54) is 6.92 Å². The molecule has 224 valence electrons. The van der Waals surface area contributed by atoms with Gasteiger partial charge < -0.3 is 34.4 Å². The topological polar surface area (TPSA) is 143 Å². The minimum atomic E-state index is -5.08. The van der Waals surface area contributed by atoms with E-state index < -0.39 is 47.3 Å². The lowest BCUT2D eigenvalue weighted by molar-refractivity contribution is -0.192. The lowest BCUT2D eigenvalue weighted by atomic mass is 9.50. The van der Waals surface area contributed by atoms with Gasteiger partial charge in [-0.25, -0.2) is 9.59 Å². The monoisotopic (exact) mass is 591 g/mol. The second-order valence-corrected chi connectivity index (χ2v) is 10.7. The van der Waals surface area contributed by atoms with Crippen molar-refractivity contribution in [3.63, 3.8) is 0 Å². The lowest BCUT2D eigenvalue weighted by Gasteiger charge is -2.61. The highest BCUT2D eigenvalue weighted by atomic mass is 19.4. The number of likely N-dealkylation sites (tertiary alicyclic amines) is 1. The number of hydrogen-bond acceptors (Lipinski definition) is 9. The largest absolute Gasteiger partial charge is 0.504 e. The van der Waals surface area contributed by atoms with Gasteiger partial charge in [-0.15, -0.1) is 0 Å². The molecule has 2 aliphatic carbocycles. The summed E-state index contributed by atoms with van der Waals surface area (Å²) in [5, 5.41) is 29.9. The molecule has 3 N–H and O–H groups in total. The summed E-state index contributed by atoms with van der Waals surface area (Å²) in [5.74, 6) is -3.50. The van der Waals surface area contributed by atoms with E-state index in [0.29, 0.717) is 24.2 Å². The van der Waals surface area contributed by atoms with Gasteiger partial charge in [-0.05, 0) is 44.1 Å². The van der Waals surface area contributed by atoms with Crippen molar-refractivity contribution in [3.05, 3.63) is 71.0 Å². The maximum Gasteiger partial charge on any atom is 0.490 e. The third kappa shape index (κ3) is 4.56. The lowest BCUT2D eigenvalue weighted by Crippen LogP contribution is -2.74. The van der Waals surface area contributed by atoms with Gasteiger partial charge in [0, 0.05) is 30.5 Å². The van der Waals surface area contributed by atoms with Crippen LogP contribution in [0.3, 0.4) is 0 Å². The molecule has 2 aliphatic heterocycles. The normalized spacial score (nSPS) is 27.7. The Kier molecular flexibility index (Phi) is 7.22. The van der Waals surface area contributed by atoms with Crippen LogP contribution in [0, 0.1) is 0 Å². The maximum atomic E-state index is 13.3. The summed E-state index contributed by atoms with van der Waals surface area (Å²) in [6, 6.07) is 12.0. The van der Waals surface area contributed by atoms with Crippen LogP contribution in [-0.4, -0.2) is 75.6 Å². The van der Waals surface area contributed by atoms with Crippen LogP contribution in [0.4, 0.5) is 13.2 Å². The zero-order valence-electron chi connectivity index (χ0n) is 22.6. The van der Waals surface area contributed by atoms with Crippen molar-refractivity contribution in [2.75, 3.05) is 13.6 Å². The molecule has 6 rings (SSSR count). The standard InChI is InChI=1S/C27H27NO7.C2HF3O2/c1-15(29)33-22(16-6-4-3-5-7-16)25(31)34-19-10-11-27(32)20-14-17-8-9-18(30)23-21(17)26(27,24(19)35-23)12-13-28(20)2;3-2(4,5)1(6)7/h3-10,20,22,24,30,32H,11-14H2,1-2H3;(H,6,7)/t20-,22?,24+,26+,27-;/m1./s1. The Bertz CT molecular complexity index is 1460. The van der Waals surface area contributed by atoms with E-state index in [1.807, 2.05) is 13.1 Å². The number of carbonyl (C=O) groups excluding carboxylic acids is 2. The molecular formula is C29H28F3NO9. The molecule has 0 aromatic heterocycles. The number of aliphatic carboxylic acids is 1. The number of ether oxygens (including phenoxy) is 3. The number of benzene rings is 2. The first-order valence-electron chi connectivity index (χ1n) is 13.1. The number of rotatable bonds is 4. The van der Waals surface area contributed by atoms with Crippen molar-refractivity contribution in [2.45, 2.75) is 61.6 Å². The number of carboxylic acid groups (broad SMARTS) is 1. The summed E-state index contributed by atoms with van der Waals surface area (Å²) in [6.45, 7) is 1.96. The summed E-state index contributed by atoms with van der Waals surface area (Å²) in [5.41, 5.74) is 0.319. The van der Waals surface area contributed by atoms with E-state index in [2.05, 4.69) is 4.90 Å². The number of carbonyl (C=O) groups is 3. The number of aromatic hydroxyl groups is 1. The molecule has 1 spiro atoms. The van der Waals surface area contributed by atoms with Crippen molar-refractivity contribution < 1.29 is 57.1 Å². The minimum absolute atomic E-state index is 0.00000434. The van der Waals surface area contributed by atoms with Gasteiger partial charge >= 0.3 is 24.1 Å². The minimum Gasteiger partial charge on any atom is -0.504 e. The number of halogens is 3. The van der Waals surface area contributed by atoms with Gasteiger partial charge in [-0.1, -0.05) is 36.4 Å². The van der Waals surface area contributed by atoms with Gasteiger partial charge in [0.2, 0.25) is 6.10 Å². The Hall–Kier alpha value is -4.10. The molecule has 13 heteroatoms. The molecule has 1 fully saturated rings. The maximum absolute atomic E-state index is 13.3. The molecule has 1 unspecified atom stereocenters. The van der Waals surface area contributed by atoms with Gasteiger partial charge in [0.05, 0.1) is 11.0 Å². The second-order valence-electron chi connectivity index (χ2n) is 10.7. The van der Waals surface area contributed by atoms with Crippen LogP contribution in [0.5, 0.6) is 11.5 Å². The summed E-state index contributed by atoms with van der Waals surface area (Å²) in [7, 11) is 2.01. The van der Waals surface area contributed by atoms with Crippen molar-refractivity contribution in [2.24, 2.45) is 0 Å². The number of alkyl halides is 3. The average Bonchev–Trinajstić information content (AvgIpc) is 3.29. The number of likely N-dealkylation sites (N-methyl/N-ethyl adjacent to an activating group) is 1. The third-order valence-electron chi connectivity index (χ3n) is 8.41. The highest BCUT2D eigenvalue weighted by molar-refractivity contribution is 5.81. The van der Waals surface area contributed by atoms with Crippen LogP contribution in [0.25, 0.3) is 0 Å². The number of nitrogens with zero attached hydrogens (tertiary/aromatic N) is 1. The molecule has 0 saturated carbocycles. The number of piperidine rings is 1. The Morgan fingerprint density at radius 1 is 1.14 bits per heavy atom. The molecule has 10 nitrogen and oxygen atoms in total. The number of hydrogen-bond donors (Lipinski definition) is 3. The Morgan fingerprint density at radius 2 is 1.81 bits per heavy atom. The first-order chi connectivity index (χ1) is 19.7. The summed E-state index contributed by atoms with van der Waals surface area (Å²) < 4.78 is 49.2. The Balaban J connectivity index is 0.000000451. The van der Waals surface area contributed by atoms with Crippen LogP contribution in [0.2, 0.25) is 0 Å². The fourth-order valence-corrected chi connectivity index (χ4v) is 6.65. The van der Waals surface area contributed by atoms with Crippen LogP contribution in [-0.2, 0) is 35.7 Å². The highest BCUT2D eigenvalue weighted by Crippen LogP contribution is 2.65. The van der Waals surface area contributed by atoms with Gasteiger partial charge in [0.15, 0.2) is 17.6 Å². The zero-order chi connectivity index (χ0) is 30.6. The molecule has 2 aromatic rings. The molecule has 2 bridgehead atoms. The predicted octanol–water partition coefficient (Wildman–Crippen LogP) is 3.15. The zero-order valence-corrected chi connectivity index (χ0v) is 22.6. The first-order valence-corrected chi connectivity index (χ1v) is 13.1. The summed E-state index contributed by atoms with van der Waals surface area (Å²) in [4.78, 5) is 36.2. The van der Waals surface area contributed by atoms with Crippen LogP contribution in [0.1, 0.15) is 42.6 Å². The Labute approximate surface area is 237 Å². The number of carboxylic acids is 1. The van der Waals surface area contributed by atoms with Gasteiger partial charge in [-0.2, -0.15) is 13.2 Å². The quantitative estimate of drug-likeness (QED) is 0.454. The van der Waals surface area contributed by atoms with E-state index in [-0.39, 0.29) is 24.0 Å². The predicted molar refractivity (Wildman–Crippen MR) is 137 cm³/mol. The number of aliphatic hydroxyl groups is 1. The third-order valence-corrected chi connectivity index (χ3v) is 8.41. The van der Waals surface area contributed by atoms with Crippen LogP contribution in [0.15, 0.2) is 54.3 Å². The molecule has 4 aliphatic rings. The molecule has 0 radical (unpaired) electrons. The SMILES string of the molecule is CC(=O)OC(C(=O)OC1=CC[C@@]2(O)[C@H]3Cc4ccc(O)c5c4[C@@]2(CCN3C)[C@H]1O5)c1ccccc1.O=C(O)C(F)(F)F. The summed E-state index contributed by atoms with van der Waals surface area (Å²) in [6.07, 6.45) is -3.93. The van der Waals surface area contributed by atoms with Crippen LogP contribution < -0.4 is 4.74 Å². The Morgan fingerprint density at radius 3 is 2.43 bits per heavy atom. The van der Waals surface area contributed by atoms with E-state index in [1.54, 1.807) is 42.5 Å². The van der Waals surface area contributed by atoms with Gasteiger partial charge in [0.1, 0.15) is 5.76 Å². The molecular weight excluding hydrogens is 563 g/mol. The molecule has 1 saturated heterocycles. The molecule has 42 heavy (non-hydrogen) atoms. The smallest absolute Gasteiger partial charge is 0.490 e. The number of phenolic OH excluding ortho intramolecular Hbond substituents is 1. The fraction of sp³-hybridized carbons (Fsp3) is 0.414. The summed E-state index contributed by atoms with van der Waals surface area (Å²) >= 11 is 0. The van der Waals surface area contributed by atoms with Gasteiger partial charge in [-0.3, -0.25) is 4.79 Å². The molecule has 2 heterocycles. The molecule has 5 atom stereocenters. The average molecular weight is 592 g/mol.